The lowest BCUT2D eigenvalue weighted by molar-refractivity contribution is 0.0976. The Morgan fingerprint density at radius 2 is 1.96 bits per heavy atom. The third-order valence-electron chi connectivity index (χ3n) is 3.64. The first-order chi connectivity index (χ1) is 17.9. The predicted octanol–water partition coefficient (Wildman–Crippen LogP) is 4.47. The third kappa shape index (κ3) is 5.95. The number of ether oxygens (including phenoxy) is 3. The van der Waals surface area contributed by atoms with E-state index in [4.69, 9.17) is 33.4 Å². The van der Waals surface area contributed by atoms with Gasteiger partial charge in [0, 0.05) is 2.74 Å². The van der Waals surface area contributed by atoms with Gasteiger partial charge < -0.3 is 19.3 Å². The molecule has 2 aromatic rings. The molecule has 4 heteroatoms. The molecule has 1 atom stereocenters. The minimum atomic E-state index is -3.53. The highest BCUT2D eigenvalue weighted by Gasteiger charge is 2.07. The molecule has 26 heavy (non-hydrogen) atoms. The number of aliphatic hydroxyl groups is 1. The third-order valence-corrected chi connectivity index (χ3v) is 3.64. The number of aryl methyl sites for hydroxylation is 1. The summed E-state index contributed by atoms with van der Waals surface area (Å²) in [6.45, 7) is -0.497. The standard InChI is InChI=1S/C22H30O4/c1-16-9-11-20(13-17(16)2)26-15-19(23)8-6-5-7-18-10-12-21(24-3)22(14-18)25-4/h9-14,19,23H,5-8,15H2,1-4H3/i3D3,4D3,8D2,9D,11D,13D,15D2,19D. The Balaban J connectivity index is 2.24. The second-order valence-corrected chi connectivity index (χ2v) is 5.52. The van der Waals surface area contributed by atoms with E-state index < -0.39 is 63.1 Å². The summed E-state index contributed by atoms with van der Waals surface area (Å²) in [6.07, 6.45) is -7.13. The summed E-state index contributed by atoms with van der Waals surface area (Å²) >= 11 is 0. The smallest absolute Gasteiger partial charge is 0.160 e. The molecule has 0 bridgehead atoms. The molecule has 1 unspecified atom stereocenters. The maximum atomic E-state index is 10.7. The molecule has 0 aliphatic carbocycles. The van der Waals surface area contributed by atoms with Crippen LogP contribution in [-0.2, 0) is 6.42 Å². The van der Waals surface area contributed by atoms with E-state index in [0.29, 0.717) is 11.1 Å². The van der Waals surface area contributed by atoms with Crippen molar-refractivity contribution in [2.75, 3.05) is 20.6 Å². The first kappa shape index (κ1) is 8.22. The Kier molecular flexibility index (Phi) is 3.18. The predicted molar refractivity (Wildman–Crippen MR) is 105 cm³/mol. The van der Waals surface area contributed by atoms with Crippen molar-refractivity contribution < 1.29 is 38.5 Å². The molecule has 0 fully saturated rings. The Labute approximate surface area is 176 Å². The molecule has 0 aliphatic rings. The summed E-state index contributed by atoms with van der Waals surface area (Å²) in [5.74, 6) is -1.45. The van der Waals surface area contributed by atoms with Gasteiger partial charge in [-0.1, -0.05) is 18.5 Å². The Morgan fingerprint density at radius 1 is 1.15 bits per heavy atom. The number of benzene rings is 2. The summed E-state index contributed by atoms with van der Waals surface area (Å²) in [6, 6.07) is 2.34. The van der Waals surface area contributed by atoms with Crippen LogP contribution in [0.25, 0.3) is 0 Å². The number of rotatable bonds is 10. The minimum absolute atomic E-state index is 0.0257. The molecular formula is C22H30O4. The minimum Gasteiger partial charge on any atom is -0.493 e. The number of methoxy groups -OCH3 is 2. The second kappa shape index (κ2) is 10.1. The van der Waals surface area contributed by atoms with E-state index in [1.54, 1.807) is 0 Å². The van der Waals surface area contributed by atoms with E-state index in [0.717, 1.165) is 0 Å². The van der Waals surface area contributed by atoms with Crippen LogP contribution in [0.15, 0.2) is 36.3 Å². The van der Waals surface area contributed by atoms with E-state index in [-0.39, 0.29) is 30.2 Å². The van der Waals surface area contributed by atoms with E-state index in [1.807, 2.05) is 0 Å². The first-order valence-corrected chi connectivity index (χ1v) is 7.89. The summed E-state index contributed by atoms with van der Waals surface area (Å²) in [4.78, 5) is 0. The summed E-state index contributed by atoms with van der Waals surface area (Å²) < 4.78 is 123. The number of hydrogen-bond donors (Lipinski definition) is 1. The van der Waals surface area contributed by atoms with Crippen LogP contribution in [0.5, 0.6) is 17.2 Å². The van der Waals surface area contributed by atoms with Crippen LogP contribution in [0.1, 0.15) is 55.1 Å². The summed E-state index contributed by atoms with van der Waals surface area (Å²) in [5.41, 5.74) is 0.891. The van der Waals surface area contributed by atoms with Crippen molar-refractivity contribution in [3.05, 3.63) is 53.0 Å². The van der Waals surface area contributed by atoms with Crippen LogP contribution in [-0.4, -0.2) is 31.8 Å². The van der Waals surface area contributed by atoms with Crippen molar-refractivity contribution in [3.8, 4) is 17.2 Å². The van der Waals surface area contributed by atoms with Crippen LogP contribution in [0, 0.1) is 13.8 Å². The monoisotopic (exact) mass is 372 g/mol. The van der Waals surface area contributed by atoms with Gasteiger partial charge in [-0.05, 0) is 74.0 Å². The van der Waals surface area contributed by atoms with Crippen LogP contribution >= 0.6 is 0 Å². The Bertz CT molecular complexity index is 1190. The molecule has 0 saturated carbocycles. The van der Waals surface area contributed by atoms with E-state index in [1.165, 1.54) is 32.0 Å². The van der Waals surface area contributed by atoms with E-state index in [2.05, 4.69) is 0 Å². The average Bonchev–Trinajstić information content (AvgIpc) is 2.78. The van der Waals surface area contributed by atoms with Gasteiger partial charge in [-0.25, -0.2) is 0 Å². The lowest BCUT2D eigenvalue weighted by Gasteiger charge is -2.13. The van der Waals surface area contributed by atoms with Crippen LogP contribution in [0.4, 0.5) is 0 Å². The normalized spacial score (nSPS) is 23.0. The SMILES string of the molecule is [2H]c1c([2H])c(OC([2H])([2H])C([2H])(O)C([2H])([2H])CCCc2ccc(OC([2H])([2H])[2H])c(OC([2H])([2H])[2H])c2)c([2H])c(C)c1C. The zero-order valence-electron chi connectivity index (χ0n) is 28.5. The highest BCUT2D eigenvalue weighted by molar-refractivity contribution is 5.42. The van der Waals surface area contributed by atoms with Crippen molar-refractivity contribution in [2.45, 2.75) is 45.6 Å². The van der Waals surface area contributed by atoms with Crippen molar-refractivity contribution in [1.29, 1.82) is 0 Å². The van der Waals surface area contributed by atoms with Gasteiger partial charge >= 0.3 is 0 Å². The molecule has 4 nitrogen and oxygen atoms in total. The fraction of sp³-hybridized carbons (Fsp3) is 0.455. The van der Waals surface area contributed by atoms with Gasteiger partial charge in [0.2, 0.25) is 0 Å². The molecule has 0 aliphatic heterocycles. The molecule has 142 valence electrons. The van der Waals surface area contributed by atoms with Gasteiger partial charge in [-0.15, -0.1) is 0 Å². The molecule has 0 saturated heterocycles. The van der Waals surface area contributed by atoms with Crippen LogP contribution in [0.3, 0.4) is 0 Å². The molecule has 2 aromatic carbocycles. The maximum Gasteiger partial charge on any atom is 0.160 e. The van der Waals surface area contributed by atoms with Crippen LogP contribution < -0.4 is 14.2 Å². The molecule has 0 amide bonds. The number of hydrogen-bond acceptors (Lipinski definition) is 4. The highest BCUT2D eigenvalue weighted by atomic mass is 16.5. The summed E-state index contributed by atoms with van der Waals surface area (Å²) in [7, 11) is -5.81. The molecule has 0 spiro atoms. The van der Waals surface area contributed by atoms with E-state index in [9.17, 15) is 5.11 Å². The van der Waals surface area contributed by atoms with Crippen molar-refractivity contribution in [1.82, 2.24) is 0 Å². The van der Waals surface area contributed by atoms with Gasteiger partial charge in [0.1, 0.15) is 12.3 Å². The Morgan fingerprint density at radius 3 is 2.77 bits per heavy atom. The molecule has 0 radical (unpaired) electrons. The zero-order chi connectivity index (χ0) is 31.1. The quantitative estimate of drug-likeness (QED) is 0.668. The topological polar surface area (TPSA) is 47.9 Å². The largest absolute Gasteiger partial charge is 0.493 e. The van der Waals surface area contributed by atoms with Crippen molar-refractivity contribution >= 4 is 0 Å². The molecular weight excluding hydrogens is 328 g/mol. The lowest BCUT2D eigenvalue weighted by Crippen LogP contribution is -2.17. The zero-order valence-corrected chi connectivity index (χ0v) is 14.5. The van der Waals surface area contributed by atoms with Gasteiger partial charge in [-0.2, -0.15) is 0 Å². The van der Waals surface area contributed by atoms with Gasteiger partial charge in [0.25, 0.3) is 0 Å². The fourth-order valence-electron chi connectivity index (χ4n) is 2.10. The average molecular weight is 373 g/mol. The molecule has 2 rings (SSSR count). The van der Waals surface area contributed by atoms with Crippen molar-refractivity contribution in [3.63, 3.8) is 0 Å². The van der Waals surface area contributed by atoms with Crippen LogP contribution in [0.2, 0.25) is 0 Å². The molecule has 0 heterocycles. The summed E-state index contributed by atoms with van der Waals surface area (Å²) in [5, 5.41) is 10.7. The maximum absolute atomic E-state index is 10.7. The van der Waals surface area contributed by atoms with E-state index >= 15 is 0 Å². The molecule has 1 N–H and O–H groups in total. The lowest BCUT2D eigenvalue weighted by atomic mass is 10.0. The fourth-order valence-corrected chi connectivity index (χ4v) is 2.10. The van der Waals surface area contributed by atoms with Gasteiger partial charge in [0.05, 0.1) is 36.6 Å². The van der Waals surface area contributed by atoms with Crippen molar-refractivity contribution in [2.24, 2.45) is 0 Å². The highest BCUT2D eigenvalue weighted by Crippen LogP contribution is 2.28. The van der Waals surface area contributed by atoms with Gasteiger partial charge in [0.15, 0.2) is 11.5 Å². The Hall–Kier alpha value is -2.20. The first-order valence-electron chi connectivity index (χ1n) is 14.9. The molecule has 0 aromatic heterocycles. The van der Waals surface area contributed by atoms with Gasteiger partial charge in [-0.3, -0.25) is 0 Å². The second-order valence-electron chi connectivity index (χ2n) is 5.52.